The molecular weight excluding hydrogens is 308 g/mol. The third-order valence-electron chi connectivity index (χ3n) is 3.79. The average molecular weight is 334 g/mol. The van der Waals surface area contributed by atoms with Crippen molar-refractivity contribution in [2.75, 3.05) is 20.3 Å². The fourth-order valence-corrected chi connectivity index (χ4v) is 2.43. The van der Waals surface area contributed by atoms with Gasteiger partial charge in [0.25, 0.3) is 0 Å². The molecule has 5 heteroatoms. The first kappa shape index (κ1) is 18.6. The summed E-state index contributed by atoms with van der Waals surface area (Å²) >= 11 is 0. The molecule has 1 aromatic carbocycles. The summed E-state index contributed by atoms with van der Waals surface area (Å²) in [6, 6.07) is 9.75. The first-order chi connectivity index (χ1) is 11.8. The highest BCUT2D eigenvalue weighted by Crippen LogP contribution is 2.13. The summed E-state index contributed by atoms with van der Waals surface area (Å²) in [5.41, 5.74) is 1.02. The van der Waals surface area contributed by atoms with Crippen molar-refractivity contribution in [3.05, 3.63) is 48.0 Å². The first-order valence-corrected chi connectivity index (χ1v) is 8.41. The number of carbonyl (C=O) groups is 1. The molecule has 0 radical (unpaired) electrons. The van der Waals surface area contributed by atoms with Crippen LogP contribution in [0.3, 0.4) is 0 Å². The lowest BCUT2D eigenvalue weighted by Crippen LogP contribution is -2.25. The molecule has 132 valence electrons. The lowest BCUT2D eigenvalue weighted by molar-refractivity contribution is -0.156. The van der Waals surface area contributed by atoms with Gasteiger partial charge in [0.2, 0.25) is 0 Å². The first-order valence-electron chi connectivity index (χ1n) is 8.41. The summed E-state index contributed by atoms with van der Waals surface area (Å²) in [7, 11) is 1.37. The standard InChI is InChI=1S/C19H26O5/c1-21-19(20)17(24-15-16-9-3-2-4-10-16)11-5-7-13-22-18-12-6-8-14-23-18/h2-5,7,9-10,17-18H,6,8,11-15H2,1H3/b7-5-/t17-,18?/m1/s1. The second-order valence-electron chi connectivity index (χ2n) is 5.64. The number of ether oxygens (including phenoxy) is 4. The van der Waals surface area contributed by atoms with Crippen molar-refractivity contribution < 1.29 is 23.7 Å². The Kier molecular flexibility index (Phi) is 8.52. The monoisotopic (exact) mass is 334 g/mol. The number of esters is 1. The highest BCUT2D eigenvalue weighted by molar-refractivity contribution is 5.74. The van der Waals surface area contributed by atoms with Crippen molar-refractivity contribution in [3.63, 3.8) is 0 Å². The minimum Gasteiger partial charge on any atom is -0.467 e. The lowest BCUT2D eigenvalue weighted by Gasteiger charge is -2.21. The van der Waals surface area contributed by atoms with Crippen molar-refractivity contribution in [1.29, 1.82) is 0 Å². The SMILES string of the molecule is COC(=O)[C@@H](C/C=C\COC1CCCCO1)OCc1ccccc1. The molecule has 1 fully saturated rings. The van der Waals surface area contributed by atoms with E-state index < -0.39 is 6.10 Å². The van der Waals surface area contributed by atoms with Crippen LogP contribution in [0, 0.1) is 0 Å². The maximum Gasteiger partial charge on any atom is 0.335 e. The molecule has 1 aliphatic heterocycles. The van der Waals surface area contributed by atoms with E-state index in [1.807, 2.05) is 42.5 Å². The van der Waals surface area contributed by atoms with Gasteiger partial charge in [-0.2, -0.15) is 0 Å². The van der Waals surface area contributed by atoms with Crippen molar-refractivity contribution in [2.45, 2.75) is 44.7 Å². The van der Waals surface area contributed by atoms with Crippen molar-refractivity contribution in [2.24, 2.45) is 0 Å². The molecule has 0 amide bonds. The van der Waals surface area contributed by atoms with Crippen LogP contribution in [-0.4, -0.2) is 38.7 Å². The van der Waals surface area contributed by atoms with E-state index in [1.165, 1.54) is 7.11 Å². The van der Waals surface area contributed by atoms with Crippen LogP contribution < -0.4 is 0 Å². The number of methoxy groups -OCH3 is 1. The van der Waals surface area contributed by atoms with Crippen LogP contribution in [0.5, 0.6) is 0 Å². The Labute approximate surface area is 143 Å². The molecule has 0 N–H and O–H groups in total. The maximum absolute atomic E-state index is 11.8. The highest BCUT2D eigenvalue weighted by Gasteiger charge is 2.18. The topological polar surface area (TPSA) is 54.0 Å². The van der Waals surface area contributed by atoms with Crippen LogP contribution in [0.4, 0.5) is 0 Å². The Hall–Kier alpha value is -1.69. The molecule has 1 unspecified atom stereocenters. The van der Waals surface area contributed by atoms with E-state index in [2.05, 4.69) is 0 Å². The zero-order valence-electron chi connectivity index (χ0n) is 14.2. The van der Waals surface area contributed by atoms with Gasteiger partial charge >= 0.3 is 5.97 Å². The van der Waals surface area contributed by atoms with Crippen molar-refractivity contribution >= 4 is 5.97 Å². The maximum atomic E-state index is 11.8. The number of hydrogen-bond acceptors (Lipinski definition) is 5. The van der Waals surface area contributed by atoms with E-state index in [0.717, 1.165) is 31.4 Å². The number of hydrogen-bond donors (Lipinski definition) is 0. The van der Waals surface area contributed by atoms with Gasteiger partial charge in [0, 0.05) is 13.0 Å². The summed E-state index contributed by atoms with van der Waals surface area (Å²) in [5.74, 6) is -0.368. The van der Waals surface area contributed by atoms with Gasteiger partial charge < -0.3 is 18.9 Å². The van der Waals surface area contributed by atoms with Crippen LogP contribution in [0.15, 0.2) is 42.5 Å². The van der Waals surface area contributed by atoms with Crippen LogP contribution >= 0.6 is 0 Å². The fraction of sp³-hybridized carbons (Fsp3) is 0.526. The molecule has 0 bridgehead atoms. The predicted octanol–water partition coefficient (Wildman–Crippen LogP) is 3.23. The predicted molar refractivity (Wildman–Crippen MR) is 90.3 cm³/mol. The zero-order valence-corrected chi connectivity index (χ0v) is 14.2. The average Bonchev–Trinajstić information content (AvgIpc) is 2.65. The van der Waals surface area contributed by atoms with E-state index in [0.29, 0.717) is 19.6 Å². The van der Waals surface area contributed by atoms with E-state index >= 15 is 0 Å². The number of carbonyl (C=O) groups excluding carboxylic acids is 1. The van der Waals surface area contributed by atoms with E-state index in [4.69, 9.17) is 18.9 Å². The van der Waals surface area contributed by atoms with Gasteiger partial charge in [-0.3, -0.25) is 0 Å². The largest absolute Gasteiger partial charge is 0.467 e. The summed E-state index contributed by atoms with van der Waals surface area (Å²) in [6.45, 7) is 1.62. The van der Waals surface area contributed by atoms with Gasteiger partial charge in [0.05, 0.1) is 20.3 Å². The molecular formula is C19H26O5. The molecule has 2 rings (SSSR count). The molecule has 1 saturated heterocycles. The molecule has 5 nitrogen and oxygen atoms in total. The molecule has 1 heterocycles. The van der Waals surface area contributed by atoms with Gasteiger partial charge in [-0.05, 0) is 24.8 Å². The second-order valence-corrected chi connectivity index (χ2v) is 5.64. The third kappa shape index (κ3) is 6.83. The van der Waals surface area contributed by atoms with Gasteiger partial charge in [0.15, 0.2) is 12.4 Å². The summed E-state index contributed by atoms with van der Waals surface area (Å²) in [6.07, 6.45) is 6.70. The molecule has 24 heavy (non-hydrogen) atoms. The van der Waals surface area contributed by atoms with Gasteiger partial charge in [-0.1, -0.05) is 42.5 Å². The molecule has 1 aliphatic rings. The zero-order chi connectivity index (χ0) is 17.0. The van der Waals surface area contributed by atoms with E-state index in [-0.39, 0.29) is 12.3 Å². The molecule has 0 aromatic heterocycles. The second kappa shape index (κ2) is 11.0. The Morgan fingerprint density at radius 2 is 2.12 bits per heavy atom. The number of benzene rings is 1. The van der Waals surface area contributed by atoms with Crippen LogP contribution in [0.25, 0.3) is 0 Å². The van der Waals surface area contributed by atoms with Gasteiger partial charge in [-0.25, -0.2) is 4.79 Å². The van der Waals surface area contributed by atoms with Crippen molar-refractivity contribution in [1.82, 2.24) is 0 Å². The Morgan fingerprint density at radius 3 is 2.83 bits per heavy atom. The Morgan fingerprint density at radius 1 is 1.29 bits per heavy atom. The third-order valence-corrected chi connectivity index (χ3v) is 3.79. The lowest BCUT2D eigenvalue weighted by atomic mass is 10.2. The van der Waals surface area contributed by atoms with Crippen LogP contribution in [0.1, 0.15) is 31.2 Å². The normalized spacial score (nSPS) is 19.3. The van der Waals surface area contributed by atoms with E-state index in [1.54, 1.807) is 0 Å². The Bertz CT molecular complexity index is 494. The highest BCUT2D eigenvalue weighted by atomic mass is 16.7. The van der Waals surface area contributed by atoms with Gasteiger partial charge in [-0.15, -0.1) is 0 Å². The minimum atomic E-state index is -0.614. The summed E-state index contributed by atoms with van der Waals surface area (Å²) in [4.78, 5) is 11.8. The minimum absolute atomic E-state index is 0.103. The van der Waals surface area contributed by atoms with Crippen molar-refractivity contribution in [3.8, 4) is 0 Å². The fourth-order valence-electron chi connectivity index (χ4n) is 2.43. The molecule has 0 spiro atoms. The quantitative estimate of drug-likeness (QED) is 0.513. The molecule has 1 aromatic rings. The molecule has 2 atom stereocenters. The molecule has 0 aliphatic carbocycles. The summed E-state index contributed by atoms with van der Waals surface area (Å²) in [5, 5.41) is 0. The van der Waals surface area contributed by atoms with Gasteiger partial charge in [0.1, 0.15) is 0 Å². The van der Waals surface area contributed by atoms with Crippen LogP contribution in [-0.2, 0) is 30.3 Å². The Balaban J connectivity index is 1.71. The smallest absolute Gasteiger partial charge is 0.335 e. The van der Waals surface area contributed by atoms with Crippen LogP contribution in [0.2, 0.25) is 0 Å². The van der Waals surface area contributed by atoms with E-state index in [9.17, 15) is 4.79 Å². The number of rotatable bonds is 9. The molecule has 0 saturated carbocycles. The summed E-state index contributed by atoms with van der Waals surface area (Å²) < 4.78 is 21.6.